The molecule has 2 aromatic rings. The quantitative estimate of drug-likeness (QED) is 0.555. The monoisotopic (exact) mass is 444 g/mol. The Morgan fingerprint density at radius 2 is 1.81 bits per heavy atom. The number of hydrogen-bond acceptors (Lipinski definition) is 4. The van der Waals surface area contributed by atoms with Crippen LogP contribution < -0.4 is 4.74 Å². The smallest absolute Gasteiger partial charge is 0.294 e. The van der Waals surface area contributed by atoms with Crippen molar-refractivity contribution in [3.05, 3.63) is 58.3 Å². The zero-order valence-electron chi connectivity index (χ0n) is 13.9. The first kappa shape index (κ1) is 22.1. The van der Waals surface area contributed by atoms with Crippen LogP contribution in [-0.2, 0) is 10.1 Å². The second-order valence-corrected chi connectivity index (χ2v) is 7.25. The van der Waals surface area contributed by atoms with Gasteiger partial charge in [0.2, 0.25) is 0 Å². The topological polar surface area (TPSA) is 83.8 Å². The molecule has 0 aliphatic heterocycles. The summed E-state index contributed by atoms with van der Waals surface area (Å²) in [5.41, 5.74) is 0.956. The lowest BCUT2D eigenvalue weighted by molar-refractivity contribution is 0.305. The SMILES string of the molecule is Cc1ccc(S(=O)(=O)O)cc1.OCCC#CCOc1ccc(F)cc1Br. The van der Waals surface area contributed by atoms with Crippen molar-refractivity contribution < 1.29 is 27.2 Å². The van der Waals surface area contributed by atoms with E-state index in [0.29, 0.717) is 16.6 Å². The van der Waals surface area contributed by atoms with Crippen LogP contribution >= 0.6 is 15.9 Å². The van der Waals surface area contributed by atoms with E-state index >= 15 is 0 Å². The molecule has 2 N–H and O–H groups in total. The van der Waals surface area contributed by atoms with Crippen LogP contribution in [0.2, 0.25) is 0 Å². The Morgan fingerprint density at radius 3 is 2.35 bits per heavy atom. The summed E-state index contributed by atoms with van der Waals surface area (Å²) < 4.78 is 48.1. The second-order valence-electron chi connectivity index (χ2n) is 4.98. The number of hydrogen-bond donors (Lipinski definition) is 2. The first-order chi connectivity index (χ1) is 12.2. The summed E-state index contributed by atoms with van der Waals surface area (Å²) in [5, 5.41) is 8.46. The Balaban J connectivity index is 0.000000273. The molecule has 0 saturated heterocycles. The number of aliphatic hydroxyl groups excluding tert-OH is 1. The third kappa shape index (κ3) is 8.45. The molecule has 2 aromatic carbocycles. The molecule has 0 atom stereocenters. The lowest BCUT2D eigenvalue weighted by atomic mass is 10.2. The van der Waals surface area contributed by atoms with Gasteiger partial charge in [0.1, 0.15) is 18.2 Å². The molecule has 0 aliphatic rings. The van der Waals surface area contributed by atoms with Gasteiger partial charge in [-0.3, -0.25) is 4.55 Å². The van der Waals surface area contributed by atoms with Gasteiger partial charge in [-0.1, -0.05) is 29.5 Å². The molecule has 140 valence electrons. The first-order valence-corrected chi connectivity index (χ1v) is 9.66. The van der Waals surface area contributed by atoms with Crippen molar-refractivity contribution in [2.75, 3.05) is 13.2 Å². The van der Waals surface area contributed by atoms with Gasteiger partial charge >= 0.3 is 0 Å². The minimum atomic E-state index is -4.02. The normalized spacial score (nSPS) is 10.2. The van der Waals surface area contributed by atoms with E-state index < -0.39 is 10.1 Å². The number of halogens is 2. The Bertz CT molecular complexity index is 871. The van der Waals surface area contributed by atoms with E-state index in [9.17, 15) is 12.8 Å². The predicted molar refractivity (Wildman–Crippen MR) is 100 cm³/mol. The highest BCUT2D eigenvalue weighted by molar-refractivity contribution is 9.10. The zero-order valence-corrected chi connectivity index (χ0v) is 16.3. The number of rotatable bonds is 4. The number of aliphatic hydroxyl groups is 1. The molecule has 8 heteroatoms. The summed E-state index contributed by atoms with van der Waals surface area (Å²) in [6, 6.07) is 10.2. The fraction of sp³-hybridized carbons (Fsp3) is 0.222. The van der Waals surface area contributed by atoms with Gasteiger partial charge in [-0.05, 0) is 53.2 Å². The average molecular weight is 445 g/mol. The lowest BCUT2D eigenvalue weighted by Gasteiger charge is -2.03. The van der Waals surface area contributed by atoms with Gasteiger partial charge in [0, 0.05) is 6.42 Å². The molecule has 0 unspecified atom stereocenters. The lowest BCUT2D eigenvalue weighted by Crippen LogP contribution is -1.96. The van der Waals surface area contributed by atoms with Crippen LogP contribution in [0.3, 0.4) is 0 Å². The summed E-state index contributed by atoms with van der Waals surface area (Å²) in [5.74, 6) is 5.68. The maximum absolute atomic E-state index is 12.7. The predicted octanol–water partition coefficient (Wildman–Crippen LogP) is 3.59. The van der Waals surface area contributed by atoms with Crippen molar-refractivity contribution >= 4 is 26.0 Å². The van der Waals surface area contributed by atoms with Gasteiger partial charge < -0.3 is 9.84 Å². The maximum atomic E-state index is 12.7. The van der Waals surface area contributed by atoms with Crippen LogP contribution in [0.25, 0.3) is 0 Å². The van der Waals surface area contributed by atoms with Crippen molar-refractivity contribution in [1.29, 1.82) is 0 Å². The number of benzene rings is 2. The zero-order chi connectivity index (χ0) is 19.6. The van der Waals surface area contributed by atoms with E-state index in [1.165, 1.54) is 30.3 Å². The molecule has 0 radical (unpaired) electrons. The average Bonchev–Trinajstić information content (AvgIpc) is 2.56. The highest BCUT2D eigenvalue weighted by Gasteiger charge is 2.06. The molecule has 0 aromatic heterocycles. The fourth-order valence-corrected chi connectivity index (χ4v) is 2.56. The first-order valence-electron chi connectivity index (χ1n) is 7.42. The van der Waals surface area contributed by atoms with E-state index in [-0.39, 0.29) is 23.9 Å². The van der Waals surface area contributed by atoms with Crippen LogP contribution in [-0.4, -0.2) is 31.3 Å². The Morgan fingerprint density at radius 1 is 1.15 bits per heavy atom. The van der Waals surface area contributed by atoms with Gasteiger partial charge in [0.25, 0.3) is 10.1 Å². The number of ether oxygens (including phenoxy) is 1. The van der Waals surface area contributed by atoms with E-state index in [4.69, 9.17) is 14.4 Å². The third-order valence-electron chi connectivity index (χ3n) is 2.87. The highest BCUT2D eigenvalue weighted by atomic mass is 79.9. The standard InChI is InChI=1S/C11H10BrFO2.C7H8O3S/c12-10-8-9(13)4-5-11(10)15-7-3-1-2-6-14;1-6-2-4-7(5-3-6)11(8,9)10/h4-5,8,14H,2,6-7H2;2-5H,1H3,(H,8,9,10). The molecule has 0 saturated carbocycles. The van der Waals surface area contributed by atoms with Gasteiger partial charge in [0.15, 0.2) is 0 Å². The summed E-state index contributed by atoms with van der Waals surface area (Å²) in [6.07, 6.45) is 0.438. The fourth-order valence-electron chi connectivity index (χ4n) is 1.61. The van der Waals surface area contributed by atoms with E-state index in [1.54, 1.807) is 12.1 Å². The van der Waals surface area contributed by atoms with E-state index in [1.807, 2.05) is 6.92 Å². The van der Waals surface area contributed by atoms with Gasteiger partial charge in [-0.15, -0.1) is 0 Å². The molecule has 5 nitrogen and oxygen atoms in total. The van der Waals surface area contributed by atoms with Crippen LogP contribution in [0.15, 0.2) is 51.8 Å². The van der Waals surface area contributed by atoms with Crippen LogP contribution in [0.5, 0.6) is 5.75 Å². The van der Waals surface area contributed by atoms with Crippen molar-refractivity contribution in [2.24, 2.45) is 0 Å². The molecule has 0 spiro atoms. The molecule has 0 heterocycles. The summed E-state index contributed by atoms with van der Waals surface area (Å²) in [6.45, 7) is 2.12. The van der Waals surface area contributed by atoms with Gasteiger partial charge in [-0.25, -0.2) is 4.39 Å². The van der Waals surface area contributed by atoms with Crippen LogP contribution in [0.4, 0.5) is 4.39 Å². The molecular weight excluding hydrogens is 427 g/mol. The molecule has 0 aliphatic carbocycles. The minimum Gasteiger partial charge on any atom is -0.480 e. The van der Waals surface area contributed by atoms with Crippen molar-refractivity contribution in [1.82, 2.24) is 0 Å². The van der Waals surface area contributed by atoms with Crippen molar-refractivity contribution in [2.45, 2.75) is 18.2 Å². The Hall–Kier alpha value is -1.92. The number of aryl methyl sites for hydroxylation is 1. The largest absolute Gasteiger partial charge is 0.480 e. The Kier molecular flexibility index (Phi) is 9.30. The van der Waals surface area contributed by atoms with Crippen molar-refractivity contribution in [3.63, 3.8) is 0 Å². The van der Waals surface area contributed by atoms with E-state index in [0.717, 1.165) is 5.56 Å². The van der Waals surface area contributed by atoms with Gasteiger partial charge in [-0.2, -0.15) is 8.42 Å². The minimum absolute atomic E-state index is 0.0489. The third-order valence-corrected chi connectivity index (χ3v) is 4.36. The summed E-state index contributed by atoms with van der Waals surface area (Å²) >= 11 is 3.18. The Labute approximate surface area is 160 Å². The molecule has 26 heavy (non-hydrogen) atoms. The van der Waals surface area contributed by atoms with Gasteiger partial charge in [0.05, 0.1) is 16.0 Å². The molecule has 0 amide bonds. The van der Waals surface area contributed by atoms with Crippen LogP contribution in [0.1, 0.15) is 12.0 Å². The van der Waals surface area contributed by atoms with Crippen molar-refractivity contribution in [3.8, 4) is 17.6 Å². The molecule has 2 rings (SSSR count). The molecular formula is C18H18BrFO5S. The maximum Gasteiger partial charge on any atom is 0.294 e. The van der Waals surface area contributed by atoms with Crippen LogP contribution in [0, 0.1) is 24.6 Å². The summed E-state index contributed by atoms with van der Waals surface area (Å²) in [7, 11) is -4.02. The highest BCUT2D eigenvalue weighted by Crippen LogP contribution is 2.25. The summed E-state index contributed by atoms with van der Waals surface area (Å²) in [4.78, 5) is -0.0666. The second kappa shape index (κ2) is 10.9. The molecule has 0 fully saturated rings. The van der Waals surface area contributed by atoms with E-state index in [2.05, 4.69) is 27.8 Å². The molecule has 0 bridgehead atoms.